The number of benzene rings is 8. The normalized spacial score (nSPS) is 10.7. The van der Waals surface area contributed by atoms with Crippen LogP contribution in [0.5, 0.6) is 34.9 Å². The Bertz CT molecular complexity index is 5590. The van der Waals surface area contributed by atoms with E-state index in [4.69, 9.17) is 25.8 Å². The number of carbonyl (C=O) groups is 8. The molecule has 622 valence electrons. The van der Waals surface area contributed by atoms with Crippen molar-refractivity contribution in [1.29, 1.82) is 0 Å². The molecule has 28 nitrogen and oxygen atoms in total. The summed E-state index contributed by atoms with van der Waals surface area (Å²) in [5.74, 6) is -0.416. The Morgan fingerprint density at radius 1 is 0.347 bits per heavy atom. The zero-order chi connectivity index (χ0) is 87.0. The van der Waals surface area contributed by atoms with E-state index < -0.39 is 47.4 Å². The monoisotopic (exact) mass is 1680 g/mol. The Morgan fingerprint density at radius 2 is 0.727 bits per heavy atom. The lowest BCUT2D eigenvalue weighted by atomic mass is 10.0. The first-order valence-corrected chi connectivity index (χ1v) is 36.5. The number of hydrogen-bond acceptors (Lipinski definition) is 20. The van der Waals surface area contributed by atoms with Crippen LogP contribution in [0.2, 0.25) is 5.02 Å². The van der Waals surface area contributed by atoms with E-state index in [1.165, 1.54) is 101 Å². The second kappa shape index (κ2) is 43.6. The van der Waals surface area contributed by atoms with Crippen LogP contribution in [0.1, 0.15) is 73.9 Å². The van der Waals surface area contributed by atoms with Crippen LogP contribution in [0, 0.1) is 11.6 Å². The molecular weight excluding hydrogens is 1610 g/mol. The van der Waals surface area contributed by atoms with Crippen LogP contribution in [0.4, 0.5) is 92.6 Å². The summed E-state index contributed by atoms with van der Waals surface area (Å²) in [6.07, 6.45) is -3.08. The molecule has 0 unspecified atom stereocenters. The number of ether oxygens (including phenoxy) is 3. The summed E-state index contributed by atoms with van der Waals surface area (Å²) in [6, 6.07) is 52.3. The number of anilines is 10. The molecule has 8 aromatic carbocycles. The van der Waals surface area contributed by atoms with Crippen molar-refractivity contribution in [2.45, 2.75) is 78.6 Å². The first kappa shape index (κ1) is 89.7. The summed E-state index contributed by atoms with van der Waals surface area (Å²) in [6.45, 7) is 6.02. The number of halogens is 9. The highest BCUT2D eigenvalue weighted by Crippen LogP contribution is 2.34. The number of nitrogens with one attached hydrogen (secondary N) is 9. The highest BCUT2D eigenvalue weighted by Gasteiger charge is 2.34. The van der Waals surface area contributed by atoms with Gasteiger partial charge in [0.05, 0.1) is 36.8 Å². The molecule has 8 amide bonds. The molecule has 121 heavy (non-hydrogen) atoms. The van der Waals surface area contributed by atoms with E-state index in [-0.39, 0.29) is 83.8 Å². The molecule has 4 heterocycles. The van der Waals surface area contributed by atoms with Crippen LogP contribution in [0.15, 0.2) is 238 Å². The van der Waals surface area contributed by atoms with Crippen molar-refractivity contribution < 1.29 is 87.7 Å². The third-order valence-corrected chi connectivity index (χ3v) is 15.9. The number of nitrogens with zero attached hydrogens (tertiary/aromatic N) is 8. The molecular formula is C84H72ClF8N17O11. The number of carbonyl (C=O) groups excluding carboxylic acids is 8. The van der Waals surface area contributed by atoms with Gasteiger partial charge in [0.2, 0.25) is 64.9 Å². The first-order valence-electron chi connectivity index (χ1n) is 36.1. The minimum atomic E-state index is -4.53. The van der Waals surface area contributed by atoms with Gasteiger partial charge in [-0.05, 0) is 168 Å². The largest absolute Gasteiger partial charge is 0.439 e. The van der Waals surface area contributed by atoms with Crippen molar-refractivity contribution in [1.82, 2.24) is 39.9 Å². The SMILES string of the molecule is CC(=O)Nc1cc(Nc2ccc(NC(=O)Cc3ccc(C(F)(F)F)cc3)cc2)ncn1.CC(=O)Nc1cc(Oc2ccc(NC(=O)Cc3ccc(F)c(F)c3)cc2)ncn1.CC(=O)Nc1cc(Oc2ccc(NC(=O)Cc3cccc(Cl)c3)cc2)ncn1.CCCC(=O)Nc1cc(Oc2ccc(NC(=O)Cc3ccccc3C(F)(F)F)cc2)ncn1. The molecule has 0 spiro atoms. The van der Waals surface area contributed by atoms with Gasteiger partial charge in [0, 0.05) is 84.9 Å². The first-order chi connectivity index (χ1) is 57.8. The van der Waals surface area contributed by atoms with Crippen LogP contribution in [-0.4, -0.2) is 87.1 Å². The van der Waals surface area contributed by atoms with Gasteiger partial charge in [-0.25, -0.2) is 48.7 Å². The summed E-state index contributed by atoms with van der Waals surface area (Å²) >= 11 is 5.93. The zero-order valence-corrected chi connectivity index (χ0v) is 65.0. The van der Waals surface area contributed by atoms with Crippen molar-refractivity contribution >= 4 is 116 Å². The van der Waals surface area contributed by atoms with Gasteiger partial charge in [-0.2, -0.15) is 26.3 Å². The molecule has 0 aliphatic carbocycles. The fourth-order valence-electron chi connectivity index (χ4n) is 10.4. The van der Waals surface area contributed by atoms with Crippen LogP contribution in [0.3, 0.4) is 0 Å². The van der Waals surface area contributed by atoms with Crippen LogP contribution in [-0.2, 0) is 76.4 Å². The number of rotatable bonds is 26. The predicted molar refractivity (Wildman–Crippen MR) is 434 cm³/mol. The van der Waals surface area contributed by atoms with Crippen molar-refractivity contribution in [3.63, 3.8) is 0 Å². The van der Waals surface area contributed by atoms with Crippen molar-refractivity contribution in [2.24, 2.45) is 0 Å². The summed E-state index contributed by atoms with van der Waals surface area (Å²) in [4.78, 5) is 125. The molecule has 12 aromatic rings. The summed E-state index contributed by atoms with van der Waals surface area (Å²) < 4.78 is 120. The van der Waals surface area contributed by atoms with Crippen LogP contribution >= 0.6 is 11.6 Å². The van der Waals surface area contributed by atoms with Gasteiger partial charge < -0.3 is 62.1 Å². The lowest BCUT2D eigenvalue weighted by molar-refractivity contribution is -0.138. The molecule has 37 heteroatoms. The fourth-order valence-corrected chi connectivity index (χ4v) is 10.6. The van der Waals surface area contributed by atoms with Crippen LogP contribution < -0.4 is 62.1 Å². The third-order valence-electron chi connectivity index (χ3n) is 15.7. The molecule has 4 aromatic heterocycles. The lowest BCUT2D eigenvalue weighted by Crippen LogP contribution is -2.17. The number of alkyl halides is 6. The topological polar surface area (TPSA) is 376 Å². The Morgan fingerprint density at radius 3 is 1.15 bits per heavy atom. The second-order valence-corrected chi connectivity index (χ2v) is 26.0. The molecule has 0 atom stereocenters. The van der Waals surface area contributed by atoms with Crippen LogP contribution in [0.25, 0.3) is 0 Å². The second-order valence-electron chi connectivity index (χ2n) is 25.6. The van der Waals surface area contributed by atoms with Gasteiger partial charge in [-0.3, -0.25) is 38.4 Å². The average Bonchev–Trinajstić information content (AvgIpc) is 0.825. The van der Waals surface area contributed by atoms with E-state index in [1.807, 2.05) is 19.1 Å². The van der Waals surface area contributed by atoms with Gasteiger partial charge in [0.1, 0.15) is 71.6 Å². The predicted octanol–water partition coefficient (Wildman–Crippen LogP) is 17.3. The Balaban J connectivity index is 0.000000184. The van der Waals surface area contributed by atoms with E-state index in [9.17, 15) is 73.5 Å². The van der Waals surface area contributed by atoms with Gasteiger partial charge >= 0.3 is 12.4 Å². The van der Waals surface area contributed by atoms with E-state index in [1.54, 1.807) is 115 Å². The molecule has 0 bridgehead atoms. The zero-order valence-electron chi connectivity index (χ0n) is 64.2. The molecule has 0 fully saturated rings. The summed E-state index contributed by atoms with van der Waals surface area (Å²) in [7, 11) is 0. The minimum Gasteiger partial charge on any atom is -0.439 e. The summed E-state index contributed by atoms with van der Waals surface area (Å²) in [5.41, 5.74) is 2.74. The molecule has 0 saturated heterocycles. The molecule has 12 rings (SSSR count). The Hall–Kier alpha value is -15.2. The van der Waals surface area contributed by atoms with E-state index in [0.717, 1.165) is 35.9 Å². The van der Waals surface area contributed by atoms with Crippen molar-refractivity contribution in [3.05, 3.63) is 288 Å². The highest BCUT2D eigenvalue weighted by atomic mass is 35.5. The van der Waals surface area contributed by atoms with Gasteiger partial charge in [0.15, 0.2) is 11.6 Å². The van der Waals surface area contributed by atoms with Crippen molar-refractivity contribution in [3.8, 4) is 34.9 Å². The Kier molecular flexibility index (Phi) is 32.4. The number of amides is 8. The average molecular weight is 1680 g/mol. The molecule has 0 aliphatic heterocycles. The summed E-state index contributed by atoms with van der Waals surface area (Å²) in [5, 5.41) is 24.7. The smallest absolute Gasteiger partial charge is 0.416 e. The molecule has 0 radical (unpaired) electrons. The highest BCUT2D eigenvalue weighted by molar-refractivity contribution is 6.30. The lowest BCUT2D eigenvalue weighted by Gasteiger charge is -2.13. The number of aromatic nitrogens is 8. The van der Waals surface area contributed by atoms with E-state index in [2.05, 4.69) is 87.7 Å². The van der Waals surface area contributed by atoms with E-state index >= 15 is 0 Å². The standard InChI is InChI=1S/C23H21F3N4O3.C21H18F3N5O2.C20H17ClN4O3.C20H16F2N4O3/c1-2-5-20(31)30-19-13-22(28-14-27-19)33-17-10-8-16(9-11-17)29-21(32)12-15-6-3-4-7-18(15)23(24,25)26;1-13(30)27-18-11-19(26-12-25-18)28-16-6-8-17(9-7-16)29-20(31)10-14-2-4-15(5-3-14)21(22,23)24;1-13(26)24-18-11-20(23-12-22-18)28-17-7-5-16(6-8-17)25-19(27)10-14-3-2-4-15(21)9-14;1-12(27)25-18-10-20(24-11-23-18)29-15-5-3-14(4-6-15)26-19(28)9-13-2-7-16(21)17(22)8-13/h3-4,6-11,13-14H,2,5,12H2,1H3,(H,29,32)(H,27,28,30,31);2-9,11-12H,10H2,1H3,(H,29,31)(H2,25,26,27,28,30);2-9,11-12H,10H2,1H3,(H,25,27)(H,22,23,24,26);2-8,10-11H,9H2,1H3,(H,26,28)(H,23,24,25,27). The maximum Gasteiger partial charge on any atom is 0.416 e. The quantitative estimate of drug-likeness (QED) is 0.0227. The maximum atomic E-state index is 13.2. The van der Waals surface area contributed by atoms with Gasteiger partial charge in [0.25, 0.3) is 0 Å². The molecule has 0 saturated carbocycles. The fraction of sp³-hybridized carbons (Fsp3) is 0.143. The van der Waals surface area contributed by atoms with Crippen molar-refractivity contribution in [2.75, 3.05) is 47.9 Å². The Labute approximate surface area is 689 Å². The molecule has 0 aliphatic rings. The van der Waals surface area contributed by atoms with Gasteiger partial charge in [-0.15, -0.1) is 0 Å². The maximum absolute atomic E-state index is 13.2. The van der Waals surface area contributed by atoms with Gasteiger partial charge in [-0.1, -0.05) is 67.1 Å². The minimum absolute atomic E-state index is 0.0506. The third kappa shape index (κ3) is 31.4. The number of hydrogen-bond donors (Lipinski definition) is 9. The van der Waals surface area contributed by atoms with E-state index in [0.29, 0.717) is 104 Å². The molecule has 9 N–H and O–H groups in total.